The predicted octanol–water partition coefficient (Wildman–Crippen LogP) is 2.43. The monoisotopic (exact) mass is 221 g/mol. The standard InChI is InChI=1S/C13H23N3/c1-5-9-14-10-12-7-6-8-13(15-12)16(4)11(2)3/h6-8,11,14H,5,9-10H2,1-4H3. The van der Waals surface area contributed by atoms with Crippen LogP contribution in [0.4, 0.5) is 5.82 Å². The van der Waals surface area contributed by atoms with Gasteiger partial charge in [-0.25, -0.2) is 4.98 Å². The molecule has 0 saturated carbocycles. The normalized spacial score (nSPS) is 10.8. The second-order valence-corrected chi connectivity index (χ2v) is 4.37. The fourth-order valence-electron chi connectivity index (χ4n) is 1.42. The summed E-state index contributed by atoms with van der Waals surface area (Å²) in [5.74, 6) is 1.05. The van der Waals surface area contributed by atoms with E-state index >= 15 is 0 Å². The smallest absolute Gasteiger partial charge is 0.128 e. The van der Waals surface area contributed by atoms with Crippen molar-refractivity contribution in [1.29, 1.82) is 0 Å². The Balaban J connectivity index is 2.63. The lowest BCUT2D eigenvalue weighted by molar-refractivity contribution is 0.661. The van der Waals surface area contributed by atoms with E-state index in [1.807, 2.05) is 0 Å². The fourth-order valence-corrected chi connectivity index (χ4v) is 1.42. The van der Waals surface area contributed by atoms with Crippen LogP contribution in [0.3, 0.4) is 0 Å². The van der Waals surface area contributed by atoms with E-state index in [2.05, 4.69) is 61.2 Å². The van der Waals surface area contributed by atoms with Gasteiger partial charge in [-0.3, -0.25) is 0 Å². The van der Waals surface area contributed by atoms with Crippen LogP contribution in [0.15, 0.2) is 18.2 Å². The molecule has 1 N–H and O–H groups in total. The Labute approximate surface area is 98.9 Å². The third-order valence-electron chi connectivity index (χ3n) is 2.66. The first kappa shape index (κ1) is 13.0. The fraction of sp³-hybridized carbons (Fsp3) is 0.615. The Bertz CT molecular complexity index is 310. The van der Waals surface area contributed by atoms with Crippen molar-refractivity contribution >= 4 is 5.82 Å². The van der Waals surface area contributed by atoms with Gasteiger partial charge in [-0.15, -0.1) is 0 Å². The summed E-state index contributed by atoms with van der Waals surface area (Å²) in [6.07, 6.45) is 1.16. The minimum absolute atomic E-state index is 0.478. The molecule has 0 amide bonds. The van der Waals surface area contributed by atoms with Crippen LogP contribution in [0, 0.1) is 0 Å². The van der Waals surface area contributed by atoms with Gasteiger partial charge in [0.05, 0.1) is 5.69 Å². The van der Waals surface area contributed by atoms with Gasteiger partial charge >= 0.3 is 0 Å². The Morgan fingerprint density at radius 2 is 2.12 bits per heavy atom. The van der Waals surface area contributed by atoms with Crippen LogP contribution >= 0.6 is 0 Å². The molecule has 0 radical (unpaired) electrons. The highest BCUT2D eigenvalue weighted by molar-refractivity contribution is 5.39. The third-order valence-corrected chi connectivity index (χ3v) is 2.66. The quantitative estimate of drug-likeness (QED) is 0.748. The Hall–Kier alpha value is -1.09. The van der Waals surface area contributed by atoms with E-state index in [4.69, 9.17) is 0 Å². The summed E-state index contributed by atoms with van der Waals surface area (Å²) in [6.45, 7) is 8.41. The van der Waals surface area contributed by atoms with E-state index in [1.165, 1.54) is 0 Å². The zero-order chi connectivity index (χ0) is 12.0. The van der Waals surface area contributed by atoms with Crippen LogP contribution in [0.25, 0.3) is 0 Å². The van der Waals surface area contributed by atoms with Gasteiger partial charge in [0, 0.05) is 19.6 Å². The van der Waals surface area contributed by atoms with Crippen molar-refractivity contribution in [3.05, 3.63) is 23.9 Å². The molecule has 0 aliphatic carbocycles. The minimum Gasteiger partial charge on any atom is -0.357 e. The van der Waals surface area contributed by atoms with E-state index in [0.717, 1.165) is 31.0 Å². The maximum Gasteiger partial charge on any atom is 0.128 e. The van der Waals surface area contributed by atoms with Crippen molar-refractivity contribution in [2.45, 2.75) is 39.8 Å². The van der Waals surface area contributed by atoms with Gasteiger partial charge in [-0.05, 0) is 38.9 Å². The van der Waals surface area contributed by atoms with E-state index in [-0.39, 0.29) is 0 Å². The van der Waals surface area contributed by atoms with Crippen molar-refractivity contribution < 1.29 is 0 Å². The lowest BCUT2D eigenvalue weighted by Gasteiger charge is -2.22. The lowest BCUT2D eigenvalue weighted by Crippen LogP contribution is -2.27. The molecule has 0 aromatic carbocycles. The topological polar surface area (TPSA) is 28.2 Å². The highest BCUT2D eigenvalue weighted by Crippen LogP contribution is 2.12. The van der Waals surface area contributed by atoms with Crippen molar-refractivity contribution in [2.24, 2.45) is 0 Å². The number of nitrogens with one attached hydrogen (secondary N) is 1. The summed E-state index contributed by atoms with van der Waals surface area (Å²) in [4.78, 5) is 6.81. The molecular weight excluding hydrogens is 198 g/mol. The zero-order valence-corrected chi connectivity index (χ0v) is 10.8. The molecule has 16 heavy (non-hydrogen) atoms. The average molecular weight is 221 g/mol. The first-order valence-corrected chi connectivity index (χ1v) is 6.04. The van der Waals surface area contributed by atoms with Gasteiger partial charge in [0.2, 0.25) is 0 Å². The molecule has 0 atom stereocenters. The van der Waals surface area contributed by atoms with Crippen molar-refractivity contribution in [2.75, 3.05) is 18.5 Å². The summed E-state index contributed by atoms with van der Waals surface area (Å²) in [5, 5.41) is 3.37. The number of pyridine rings is 1. The lowest BCUT2D eigenvalue weighted by atomic mass is 10.3. The third kappa shape index (κ3) is 3.81. The van der Waals surface area contributed by atoms with Gasteiger partial charge in [-0.2, -0.15) is 0 Å². The molecule has 0 fully saturated rings. The number of nitrogens with zero attached hydrogens (tertiary/aromatic N) is 2. The Morgan fingerprint density at radius 1 is 1.38 bits per heavy atom. The van der Waals surface area contributed by atoms with Crippen molar-refractivity contribution in [3.63, 3.8) is 0 Å². The van der Waals surface area contributed by atoms with E-state index in [0.29, 0.717) is 6.04 Å². The molecule has 0 bridgehead atoms. The minimum atomic E-state index is 0.478. The first-order chi connectivity index (χ1) is 7.65. The average Bonchev–Trinajstić information content (AvgIpc) is 2.29. The molecule has 0 unspecified atom stereocenters. The molecule has 3 heteroatoms. The molecule has 1 heterocycles. The van der Waals surface area contributed by atoms with Gasteiger partial charge in [0.15, 0.2) is 0 Å². The van der Waals surface area contributed by atoms with E-state index < -0.39 is 0 Å². The number of rotatable bonds is 6. The Kier molecular flexibility index (Phi) is 5.26. The molecule has 3 nitrogen and oxygen atoms in total. The van der Waals surface area contributed by atoms with Crippen LogP contribution in [-0.2, 0) is 6.54 Å². The number of hydrogen-bond acceptors (Lipinski definition) is 3. The van der Waals surface area contributed by atoms with Gasteiger partial charge < -0.3 is 10.2 Å². The molecule has 0 aliphatic rings. The predicted molar refractivity (Wildman–Crippen MR) is 69.8 cm³/mol. The summed E-state index contributed by atoms with van der Waals surface area (Å²) in [5.41, 5.74) is 1.11. The van der Waals surface area contributed by atoms with Gasteiger partial charge in [0.1, 0.15) is 5.82 Å². The summed E-state index contributed by atoms with van der Waals surface area (Å²) in [7, 11) is 2.08. The zero-order valence-electron chi connectivity index (χ0n) is 10.8. The number of hydrogen-bond donors (Lipinski definition) is 1. The second kappa shape index (κ2) is 6.48. The highest BCUT2D eigenvalue weighted by atomic mass is 15.2. The molecule has 0 aliphatic heterocycles. The van der Waals surface area contributed by atoms with Crippen molar-refractivity contribution in [3.8, 4) is 0 Å². The van der Waals surface area contributed by atoms with Gasteiger partial charge in [-0.1, -0.05) is 13.0 Å². The van der Waals surface area contributed by atoms with Crippen LogP contribution in [0.1, 0.15) is 32.9 Å². The molecule has 1 aromatic rings. The molecule has 90 valence electrons. The van der Waals surface area contributed by atoms with Crippen LogP contribution < -0.4 is 10.2 Å². The molecule has 0 spiro atoms. The molecule has 1 rings (SSSR count). The number of anilines is 1. The largest absolute Gasteiger partial charge is 0.357 e. The highest BCUT2D eigenvalue weighted by Gasteiger charge is 2.06. The second-order valence-electron chi connectivity index (χ2n) is 4.37. The molecule has 0 saturated heterocycles. The summed E-state index contributed by atoms with van der Waals surface area (Å²) < 4.78 is 0. The van der Waals surface area contributed by atoms with Crippen LogP contribution in [-0.4, -0.2) is 24.6 Å². The van der Waals surface area contributed by atoms with Crippen molar-refractivity contribution in [1.82, 2.24) is 10.3 Å². The Morgan fingerprint density at radius 3 is 2.75 bits per heavy atom. The SMILES string of the molecule is CCCNCc1cccc(N(C)C(C)C)n1. The summed E-state index contributed by atoms with van der Waals surface area (Å²) >= 11 is 0. The van der Waals surface area contributed by atoms with Crippen LogP contribution in [0.5, 0.6) is 0 Å². The maximum absolute atomic E-state index is 4.63. The van der Waals surface area contributed by atoms with Gasteiger partial charge in [0.25, 0.3) is 0 Å². The van der Waals surface area contributed by atoms with E-state index in [9.17, 15) is 0 Å². The number of aromatic nitrogens is 1. The first-order valence-electron chi connectivity index (χ1n) is 6.04. The van der Waals surface area contributed by atoms with Crippen LogP contribution in [0.2, 0.25) is 0 Å². The van der Waals surface area contributed by atoms with E-state index in [1.54, 1.807) is 0 Å². The molecule has 1 aromatic heterocycles. The molecular formula is C13H23N3. The summed E-state index contributed by atoms with van der Waals surface area (Å²) in [6, 6.07) is 6.68. The maximum atomic E-state index is 4.63.